The van der Waals surface area contributed by atoms with Crippen molar-refractivity contribution in [1.29, 1.82) is 0 Å². The van der Waals surface area contributed by atoms with E-state index in [1.807, 2.05) is 5.32 Å². The Kier molecular flexibility index (Phi) is 7.11. The predicted octanol–water partition coefficient (Wildman–Crippen LogP) is 2.24. The van der Waals surface area contributed by atoms with Crippen LogP contribution in [-0.4, -0.2) is 38.7 Å². The summed E-state index contributed by atoms with van der Waals surface area (Å²) in [6.07, 6.45) is -4.50. The van der Waals surface area contributed by atoms with E-state index in [2.05, 4.69) is 10.6 Å². The van der Waals surface area contributed by atoms with E-state index >= 15 is 0 Å². The van der Waals surface area contributed by atoms with Gasteiger partial charge in [0.25, 0.3) is 0 Å². The molecule has 0 spiro atoms. The number of amides is 3. The Morgan fingerprint density at radius 1 is 1.30 bits per heavy atom. The highest BCUT2D eigenvalue weighted by Gasteiger charge is 2.30. The Hall–Kier alpha value is -2.00. The molecule has 10 heteroatoms. The molecule has 0 unspecified atom stereocenters. The van der Waals surface area contributed by atoms with E-state index in [1.165, 1.54) is 7.11 Å². The summed E-state index contributed by atoms with van der Waals surface area (Å²) in [4.78, 5) is 22.8. The van der Waals surface area contributed by atoms with Crippen molar-refractivity contribution in [1.82, 2.24) is 10.6 Å². The molecule has 0 aliphatic rings. The zero-order chi connectivity index (χ0) is 17.5. The van der Waals surface area contributed by atoms with E-state index in [1.54, 1.807) is 0 Å². The smallest absolute Gasteiger partial charge is 0.383 e. The van der Waals surface area contributed by atoms with Gasteiger partial charge in [0.2, 0.25) is 5.91 Å². The van der Waals surface area contributed by atoms with Crippen LogP contribution in [-0.2, 0) is 15.7 Å². The summed E-state index contributed by atoms with van der Waals surface area (Å²) in [5, 5.41) is 6.77. The number of benzene rings is 1. The summed E-state index contributed by atoms with van der Waals surface area (Å²) in [5.41, 5.74) is -0.746. The van der Waals surface area contributed by atoms with Crippen molar-refractivity contribution in [2.24, 2.45) is 0 Å². The summed E-state index contributed by atoms with van der Waals surface area (Å²) in [6, 6.07) is 1.99. The van der Waals surface area contributed by atoms with Crippen molar-refractivity contribution in [2.45, 2.75) is 6.18 Å². The average Bonchev–Trinajstić information content (AvgIpc) is 2.45. The zero-order valence-corrected chi connectivity index (χ0v) is 12.8. The molecule has 0 aromatic heterocycles. The van der Waals surface area contributed by atoms with Gasteiger partial charge in [-0.15, -0.1) is 0 Å². The summed E-state index contributed by atoms with van der Waals surface area (Å²) in [5.74, 6) is -0.670. The molecule has 0 fully saturated rings. The number of hydrogen-bond acceptors (Lipinski definition) is 4. The minimum absolute atomic E-state index is 0.148. The number of carbonyl (C=O) groups excluding carboxylic acids is 2. The lowest BCUT2D eigenvalue weighted by Crippen LogP contribution is -2.42. The number of hydrogen-bond donors (Lipinski definition) is 3. The SMILES string of the molecule is COCCNC(=O)NC(=O)CNc1ccc(C(F)(F)F)cc1Cl. The predicted molar refractivity (Wildman–Crippen MR) is 78.4 cm³/mol. The Morgan fingerprint density at radius 2 is 2.00 bits per heavy atom. The van der Waals surface area contributed by atoms with E-state index in [4.69, 9.17) is 16.3 Å². The fourth-order valence-electron chi connectivity index (χ4n) is 1.49. The number of nitrogens with one attached hydrogen (secondary N) is 3. The molecule has 0 aliphatic carbocycles. The Bertz CT molecular complexity index is 567. The zero-order valence-electron chi connectivity index (χ0n) is 12.1. The van der Waals surface area contributed by atoms with Gasteiger partial charge in [0.1, 0.15) is 0 Å². The molecule has 128 valence electrons. The minimum atomic E-state index is -4.50. The Labute approximate surface area is 135 Å². The summed E-state index contributed by atoms with van der Waals surface area (Å²) in [7, 11) is 1.46. The lowest BCUT2D eigenvalue weighted by atomic mass is 10.2. The molecule has 1 aromatic rings. The highest BCUT2D eigenvalue weighted by Crippen LogP contribution is 2.33. The highest BCUT2D eigenvalue weighted by molar-refractivity contribution is 6.33. The molecule has 6 nitrogen and oxygen atoms in total. The normalized spacial score (nSPS) is 11.0. The second kappa shape index (κ2) is 8.59. The standard InChI is InChI=1S/C13H15ClF3N3O3/c1-23-5-4-18-12(22)20-11(21)7-19-10-3-2-8(6-9(10)14)13(15,16)17/h2-3,6,19H,4-5,7H2,1H3,(H2,18,20,21,22). The van der Waals surface area contributed by atoms with E-state index in [0.29, 0.717) is 6.61 Å². The number of rotatable bonds is 6. The fraction of sp³-hybridized carbons (Fsp3) is 0.385. The van der Waals surface area contributed by atoms with Gasteiger partial charge in [-0.3, -0.25) is 10.1 Å². The van der Waals surface area contributed by atoms with Crippen LogP contribution < -0.4 is 16.0 Å². The molecule has 0 bridgehead atoms. The molecule has 1 rings (SSSR count). The van der Waals surface area contributed by atoms with Crippen molar-refractivity contribution >= 4 is 29.2 Å². The van der Waals surface area contributed by atoms with Gasteiger partial charge in [0.15, 0.2) is 0 Å². The molecule has 0 saturated carbocycles. The first-order valence-electron chi connectivity index (χ1n) is 6.41. The van der Waals surface area contributed by atoms with Gasteiger partial charge in [-0.1, -0.05) is 11.6 Å². The van der Waals surface area contributed by atoms with Crippen molar-refractivity contribution in [3.8, 4) is 0 Å². The van der Waals surface area contributed by atoms with Crippen molar-refractivity contribution in [3.63, 3.8) is 0 Å². The highest BCUT2D eigenvalue weighted by atomic mass is 35.5. The monoisotopic (exact) mass is 353 g/mol. The minimum Gasteiger partial charge on any atom is -0.383 e. The lowest BCUT2D eigenvalue weighted by molar-refractivity contribution is -0.137. The van der Waals surface area contributed by atoms with Gasteiger partial charge < -0.3 is 15.4 Å². The largest absolute Gasteiger partial charge is 0.416 e. The van der Waals surface area contributed by atoms with Gasteiger partial charge in [-0.25, -0.2) is 4.79 Å². The lowest BCUT2D eigenvalue weighted by Gasteiger charge is -2.12. The summed E-state index contributed by atoms with van der Waals surface area (Å²) < 4.78 is 42.2. The number of alkyl halides is 3. The molecule has 0 aliphatic heterocycles. The van der Waals surface area contributed by atoms with E-state index in [9.17, 15) is 22.8 Å². The van der Waals surface area contributed by atoms with Crippen molar-refractivity contribution < 1.29 is 27.5 Å². The number of anilines is 1. The molecule has 0 saturated heterocycles. The van der Waals surface area contributed by atoms with Crippen LogP contribution >= 0.6 is 11.6 Å². The molecule has 1 aromatic carbocycles. The molecule has 3 N–H and O–H groups in total. The van der Waals surface area contributed by atoms with E-state index in [-0.39, 0.29) is 23.8 Å². The van der Waals surface area contributed by atoms with Crippen LogP contribution in [0, 0.1) is 0 Å². The number of ether oxygens (including phenoxy) is 1. The summed E-state index contributed by atoms with van der Waals surface area (Å²) in [6.45, 7) is 0.192. The van der Waals surface area contributed by atoms with E-state index in [0.717, 1.165) is 18.2 Å². The third-order valence-electron chi connectivity index (χ3n) is 2.58. The van der Waals surface area contributed by atoms with Crippen LogP contribution in [0.2, 0.25) is 5.02 Å². The third kappa shape index (κ3) is 6.74. The number of urea groups is 1. The quantitative estimate of drug-likeness (QED) is 0.685. The summed E-state index contributed by atoms with van der Waals surface area (Å²) >= 11 is 5.72. The molecule has 23 heavy (non-hydrogen) atoms. The van der Waals surface area contributed by atoms with Crippen molar-refractivity contribution in [3.05, 3.63) is 28.8 Å². The molecule has 0 heterocycles. The van der Waals surface area contributed by atoms with Crippen LogP contribution in [0.5, 0.6) is 0 Å². The number of imide groups is 1. The fourth-order valence-corrected chi connectivity index (χ4v) is 1.74. The molecule has 3 amide bonds. The van der Waals surface area contributed by atoms with Crippen LogP contribution in [0.25, 0.3) is 0 Å². The van der Waals surface area contributed by atoms with Gasteiger partial charge in [-0.05, 0) is 18.2 Å². The van der Waals surface area contributed by atoms with Gasteiger partial charge in [0, 0.05) is 13.7 Å². The van der Waals surface area contributed by atoms with Crippen LogP contribution in [0.3, 0.4) is 0 Å². The average molecular weight is 354 g/mol. The van der Waals surface area contributed by atoms with Crippen LogP contribution in [0.15, 0.2) is 18.2 Å². The topological polar surface area (TPSA) is 79.5 Å². The Balaban J connectivity index is 2.49. The number of halogens is 4. The van der Waals surface area contributed by atoms with Crippen LogP contribution in [0.4, 0.5) is 23.7 Å². The second-order valence-corrected chi connectivity index (χ2v) is 4.75. The maximum atomic E-state index is 12.5. The first-order chi connectivity index (χ1) is 10.7. The second-order valence-electron chi connectivity index (χ2n) is 4.34. The molecular formula is C13H15ClF3N3O3. The maximum absolute atomic E-state index is 12.5. The molecule has 0 radical (unpaired) electrons. The molecule has 0 atom stereocenters. The number of carbonyl (C=O) groups is 2. The molecular weight excluding hydrogens is 339 g/mol. The Morgan fingerprint density at radius 3 is 2.57 bits per heavy atom. The van der Waals surface area contributed by atoms with Crippen LogP contribution in [0.1, 0.15) is 5.56 Å². The van der Waals surface area contributed by atoms with Crippen molar-refractivity contribution in [2.75, 3.05) is 32.1 Å². The van der Waals surface area contributed by atoms with Gasteiger partial charge in [-0.2, -0.15) is 13.2 Å². The third-order valence-corrected chi connectivity index (χ3v) is 2.89. The van der Waals surface area contributed by atoms with Gasteiger partial charge >= 0.3 is 12.2 Å². The number of methoxy groups -OCH3 is 1. The van der Waals surface area contributed by atoms with Gasteiger partial charge in [0.05, 0.1) is 29.4 Å². The van der Waals surface area contributed by atoms with E-state index < -0.39 is 23.7 Å². The first-order valence-corrected chi connectivity index (χ1v) is 6.79. The first kappa shape index (κ1) is 19.0. The maximum Gasteiger partial charge on any atom is 0.416 e.